The van der Waals surface area contributed by atoms with E-state index >= 15 is 0 Å². The molecule has 2 amide bonds. The predicted octanol–water partition coefficient (Wildman–Crippen LogP) is 6.72. The third kappa shape index (κ3) is 8.76. The van der Waals surface area contributed by atoms with Gasteiger partial charge in [-0.1, -0.05) is 24.3 Å². The van der Waals surface area contributed by atoms with Crippen molar-refractivity contribution in [2.75, 3.05) is 36.4 Å². The van der Waals surface area contributed by atoms with E-state index in [9.17, 15) is 18.8 Å². The van der Waals surface area contributed by atoms with Crippen LogP contribution in [0.1, 0.15) is 57.5 Å². The summed E-state index contributed by atoms with van der Waals surface area (Å²) in [6.45, 7) is 13.0. The van der Waals surface area contributed by atoms with E-state index in [-0.39, 0.29) is 24.1 Å². The third-order valence-corrected chi connectivity index (χ3v) is 6.60. The number of benzene rings is 2. The lowest BCUT2D eigenvalue weighted by atomic mass is 9.97. The lowest BCUT2D eigenvalue weighted by molar-refractivity contribution is 0.0240. The first-order chi connectivity index (χ1) is 20.2. The molecule has 0 saturated carbocycles. The number of halogens is 1. The molecule has 0 bridgehead atoms. The average molecular weight is 591 g/mol. The van der Waals surface area contributed by atoms with Crippen molar-refractivity contribution in [1.82, 2.24) is 9.88 Å². The molecule has 3 aromatic rings. The van der Waals surface area contributed by atoms with Crippen LogP contribution in [0.5, 0.6) is 0 Å². The van der Waals surface area contributed by atoms with Gasteiger partial charge in [-0.15, -0.1) is 0 Å². The van der Waals surface area contributed by atoms with Gasteiger partial charge >= 0.3 is 12.2 Å². The van der Waals surface area contributed by atoms with Crippen molar-refractivity contribution in [2.24, 2.45) is 0 Å². The Morgan fingerprint density at radius 3 is 2.16 bits per heavy atom. The van der Waals surface area contributed by atoms with Gasteiger partial charge in [0.2, 0.25) is 0 Å². The Morgan fingerprint density at radius 1 is 0.884 bits per heavy atom. The Kier molecular flexibility index (Phi) is 9.37. The summed E-state index contributed by atoms with van der Waals surface area (Å²) in [4.78, 5) is 46.5. The largest absolute Gasteiger partial charge is 0.444 e. The van der Waals surface area contributed by atoms with Crippen molar-refractivity contribution in [3.63, 3.8) is 0 Å². The topological polar surface area (TPSA) is 101 Å². The van der Waals surface area contributed by atoms with Gasteiger partial charge in [0.05, 0.1) is 0 Å². The van der Waals surface area contributed by atoms with Gasteiger partial charge in [0.1, 0.15) is 22.8 Å². The van der Waals surface area contributed by atoms with Crippen LogP contribution in [0.3, 0.4) is 0 Å². The standard InChI is InChI=1S/C33H39FN4O5/c1-32(2,3)42-30(40)36-27-13-11-22(25-9-7-8-10-26(25)34)19-24(27)20-28(39)23-12-14-29(35-21-23)37-15-17-38(18-16-37)31(41)43-33(4,5)6/h7-14,19,21H,15-18,20H2,1-6H3,(H,36,40). The highest BCUT2D eigenvalue weighted by molar-refractivity contribution is 5.99. The summed E-state index contributed by atoms with van der Waals surface area (Å²) in [5.41, 5.74) is 1.02. The lowest BCUT2D eigenvalue weighted by Gasteiger charge is -2.36. The number of rotatable bonds is 6. The second kappa shape index (κ2) is 12.8. The van der Waals surface area contributed by atoms with E-state index in [4.69, 9.17) is 9.47 Å². The minimum absolute atomic E-state index is 0.0526. The monoisotopic (exact) mass is 590 g/mol. The molecule has 43 heavy (non-hydrogen) atoms. The van der Waals surface area contributed by atoms with Crippen molar-refractivity contribution < 1.29 is 28.2 Å². The number of amides is 2. The van der Waals surface area contributed by atoms with Crippen molar-refractivity contribution >= 4 is 29.5 Å². The molecule has 0 unspecified atom stereocenters. The van der Waals surface area contributed by atoms with E-state index in [0.29, 0.717) is 59.9 Å². The predicted molar refractivity (Wildman–Crippen MR) is 164 cm³/mol. The molecule has 1 N–H and O–H groups in total. The number of nitrogens with one attached hydrogen (secondary N) is 1. The van der Waals surface area contributed by atoms with Crippen LogP contribution in [0.2, 0.25) is 0 Å². The zero-order valence-corrected chi connectivity index (χ0v) is 25.6. The van der Waals surface area contributed by atoms with Gasteiger partial charge in [0.15, 0.2) is 5.78 Å². The van der Waals surface area contributed by atoms with E-state index < -0.39 is 17.3 Å². The van der Waals surface area contributed by atoms with Crippen molar-refractivity contribution in [3.8, 4) is 11.1 Å². The molecule has 1 saturated heterocycles. The number of ketones is 1. The molecule has 1 aromatic heterocycles. The lowest BCUT2D eigenvalue weighted by Crippen LogP contribution is -2.50. The van der Waals surface area contributed by atoms with E-state index in [2.05, 4.69) is 15.2 Å². The van der Waals surface area contributed by atoms with E-state index in [1.165, 1.54) is 12.3 Å². The highest BCUT2D eigenvalue weighted by Crippen LogP contribution is 2.29. The maximum atomic E-state index is 14.6. The second-order valence-electron chi connectivity index (χ2n) is 12.4. The van der Waals surface area contributed by atoms with Crippen LogP contribution in [0.4, 0.5) is 25.5 Å². The summed E-state index contributed by atoms with van der Waals surface area (Å²) >= 11 is 0. The Bertz CT molecular complexity index is 1470. The summed E-state index contributed by atoms with van der Waals surface area (Å²) in [5, 5.41) is 2.73. The van der Waals surface area contributed by atoms with Gasteiger partial charge in [-0.3, -0.25) is 10.1 Å². The number of Topliss-reactive ketones (excluding diaryl/α,β-unsaturated/α-hetero) is 1. The number of hydrogen-bond acceptors (Lipinski definition) is 7. The number of ether oxygens (including phenoxy) is 2. The van der Waals surface area contributed by atoms with Crippen molar-refractivity contribution in [2.45, 2.75) is 59.2 Å². The molecule has 1 aliphatic rings. The average Bonchev–Trinajstić information content (AvgIpc) is 2.92. The molecular weight excluding hydrogens is 551 g/mol. The van der Waals surface area contributed by atoms with E-state index in [1.807, 2.05) is 20.8 Å². The van der Waals surface area contributed by atoms with Crippen LogP contribution in [-0.4, -0.2) is 65.2 Å². The zero-order chi connectivity index (χ0) is 31.4. The second-order valence-corrected chi connectivity index (χ2v) is 12.4. The Labute approximate surface area is 252 Å². The molecule has 228 valence electrons. The first-order valence-corrected chi connectivity index (χ1v) is 14.3. The SMILES string of the molecule is CC(C)(C)OC(=O)Nc1ccc(-c2ccccc2F)cc1CC(=O)c1ccc(N2CCN(C(=O)OC(C)(C)C)CC2)nc1. The van der Waals surface area contributed by atoms with Crippen LogP contribution in [0.15, 0.2) is 60.8 Å². The maximum absolute atomic E-state index is 14.6. The van der Waals surface area contributed by atoms with Crippen LogP contribution in [0.25, 0.3) is 11.1 Å². The van der Waals surface area contributed by atoms with Crippen LogP contribution in [-0.2, 0) is 15.9 Å². The highest BCUT2D eigenvalue weighted by Gasteiger charge is 2.26. The quantitative estimate of drug-likeness (QED) is 0.318. The molecule has 0 atom stereocenters. The summed E-state index contributed by atoms with van der Waals surface area (Å²) < 4.78 is 25.4. The minimum atomic E-state index is -0.705. The zero-order valence-electron chi connectivity index (χ0n) is 25.6. The summed E-state index contributed by atoms with van der Waals surface area (Å²) in [6, 6.07) is 14.9. The molecule has 0 aliphatic carbocycles. The Hall–Kier alpha value is -4.47. The normalized spacial score (nSPS) is 13.8. The van der Waals surface area contributed by atoms with E-state index in [1.54, 1.807) is 74.2 Å². The van der Waals surface area contributed by atoms with Crippen LogP contribution >= 0.6 is 0 Å². The van der Waals surface area contributed by atoms with Crippen LogP contribution in [0, 0.1) is 5.82 Å². The maximum Gasteiger partial charge on any atom is 0.412 e. The number of piperazine rings is 1. The van der Waals surface area contributed by atoms with Gasteiger partial charge in [0.25, 0.3) is 0 Å². The van der Waals surface area contributed by atoms with Gasteiger partial charge in [-0.2, -0.15) is 0 Å². The third-order valence-electron chi connectivity index (χ3n) is 6.60. The number of nitrogens with zero attached hydrogens (tertiary/aromatic N) is 3. The molecule has 0 radical (unpaired) electrons. The molecule has 2 heterocycles. The van der Waals surface area contributed by atoms with Crippen molar-refractivity contribution in [3.05, 3.63) is 77.7 Å². The van der Waals surface area contributed by atoms with E-state index in [0.717, 1.165) is 0 Å². The fraction of sp³-hybridized carbons (Fsp3) is 0.394. The van der Waals surface area contributed by atoms with Crippen molar-refractivity contribution in [1.29, 1.82) is 0 Å². The first-order valence-electron chi connectivity index (χ1n) is 14.3. The van der Waals surface area contributed by atoms with Gasteiger partial charge in [-0.25, -0.2) is 19.0 Å². The Balaban J connectivity index is 1.48. The number of carbonyl (C=O) groups is 3. The molecule has 1 aliphatic heterocycles. The molecule has 9 nitrogen and oxygen atoms in total. The molecule has 10 heteroatoms. The number of anilines is 2. The summed E-state index contributed by atoms with van der Waals surface area (Å²) in [7, 11) is 0. The Morgan fingerprint density at radius 2 is 1.56 bits per heavy atom. The first kappa shape index (κ1) is 31.5. The van der Waals surface area contributed by atoms with Gasteiger partial charge in [0, 0.05) is 55.6 Å². The number of aromatic nitrogens is 1. The summed E-state index contributed by atoms with van der Waals surface area (Å²) in [5.74, 6) is 0.0975. The van der Waals surface area contributed by atoms with Crippen LogP contribution < -0.4 is 10.2 Å². The smallest absolute Gasteiger partial charge is 0.412 e. The minimum Gasteiger partial charge on any atom is -0.444 e. The molecule has 4 rings (SSSR count). The number of pyridine rings is 1. The fourth-order valence-corrected chi connectivity index (χ4v) is 4.60. The number of hydrogen-bond donors (Lipinski definition) is 1. The molecule has 0 spiro atoms. The fourth-order valence-electron chi connectivity index (χ4n) is 4.60. The van der Waals surface area contributed by atoms with Gasteiger partial charge in [-0.05, 0) is 83.0 Å². The van der Waals surface area contributed by atoms with Gasteiger partial charge < -0.3 is 19.3 Å². The summed E-state index contributed by atoms with van der Waals surface area (Å²) in [6.07, 6.45) is 0.487. The molecule has 1 fully saturated rings. The molecule has 2 aromatic carbocycles. The molecular formula is C33H39FN4O5. The number of carbonyl (C=O) groups excluding carboxylic acids is 3. The highest BCUT2D eigenvalue weighted by atomic mass is 19.1.